The molecule has 8 heteroatoms. The second kappa shape index (κ2) is 11.3. The van der Waals surface area contributed by atoms with Gasteiger partial charge in [-0.25, -0.2) is 14.0 Å². The van der Waals surface area contributed by atoms with Crippen molar-refractivity contribution in [3.8, 4) is 5.69 Å². The van der Waals surface area contributed by atoms with Gasteiger partial charge in [0.05, 0.1) is 5.52 Å². The minimum Gasteiger partial charge on any atom is -0.478 e. The Morgan fingerprint density at radius 3 is 2.23 bits per heavy atom. The highest BCUT2D eigenvalue weighted by Crippen LogP contribution is 2.28. The van der Waals surface area contributed by atoms with E-state index >= 15 is 0 Å². The van der Waals surface area contributed by atoms with E-state index in [1.165, 1.54) is 23.1 Å². The zero-order valence-electron chi connectivity index (χ0n) is 17.3. The van der Waals surface area contributed by atoms with Crippen LogP contribution in [0.5, 0.6) is 0 Å². The fourth-order valence-electron chi connectivity index (χ4n) is 3.01. The third kappa shape index (κ3) is 7.55. The number of carboxylic acids is 2. The van der Waals surface area contributed by atoms with Gasteiger partial charge in [-0.1, -0.05) is 11.6 Å². The molecule has 0 unspecified atom stereocenters. The Morgan fingerprint density at radius 1 is 1.06 bits per heavy atom. The molecule has 0 bridgehead atoms. The molecule has 1 heterocycles. The van der Waals surface area contributed by atoms with Crippen LogP contribution in [0, 0.1) is 5.82 Å². The minimum absolute atomic E-state index is 0.223. The fraction of sp³-hybridized carbons (Fsp3) is 0.217. The minimum atomic E-state index is -1.26. The van der Waals surface area contributed by atoms with Gasteiger partial charge >= 0.3 is 11.9 Å². The van der Waals surface area contributed by atoms with Crippen molar-refractivity contribution in [1.82, 2.24) is 9.47 Å². The number of hydrogen-bond acceptors (Lipinski definition) is 3. The first-order valence-corrected chi connectivity index (χ1v) is 9.89. The van der Waals surface area contributed by atoms with E-state index in [1.807, 2.05) is 18.2 Å². The van der Waals surface area contributed by atoms with Crippen molar-refractivity contribution in [1.29, 1.82) is 0 Å². The van der Waals surface area contributed by atoms with Crippen molar-refractivity contribution in [2.75, 3.05) is 20.6 Å². The normalized spacial score (nSPS) is 11.0. The molecule has 3 aromatic rings. The number of benzene rings is 2. The van der Waals surface area contributed by atoms with Crippen molar-refractivity contribution < 1.29 is 24.2 Å². The van der Waals surface area contributed by atoms with E-state index in [0.29, 0.717) is 12.2 Å². The molecular weight excluding hydrogens is 423 g/mol. The number of nitrogens with zero attached hydrogens (tertiary/aromatic N) is 2. The predicted molar refractivity (Wildman–Crippen MR) is 120 cm³/mol. The molecule has 6 nitrogen and oxygen atoms in total. The SMILES string of the molecule is CN(C)CCCc1cn(-c2ccc(F)cc2)c2ccc(Cl)cc12.O=C(O)C=CC(=O)O. The number of fused-ring (bicyclic) bond motifs is 1. The third-order valence-electron chi connectivity index (χ3n) is 4.37. The highest BCUT2D eigenvalue weighted by atomic mass is 35.5. The molecule has 0 aliphatic carbocycles. The Bertz CT molecular complexity index is 1060. The topological polar surface area (TPSA) is 82.8 Å². The fourth-order valence-corrected chi connectivity index (χ4v) is 3.19. The molecule has 0 amide bonds. The average molecular weight is 447 g/mol. The molecule has 164 valence electrons. The number of hydrogen-bond donors (Lipinski definition) is 2. The first-order valence-electron chi connectivity index (χ1n) is 9.51. The average Bonchev–Trinajstić information content (AvgIpc) is 3.05. The van der Waals surface area contributed by atoms with Crippen LogP contribution in [0.15, 0.2) is 60.8 Å². The Hall–Kier alpha value is -3.16. The van der Waals surface area contributed by atoms with Crippen molar-refractivity contribution in [2.24, 2.45) is 0 Å². The van der Waals surface area contributed by atoms with Gasteiger partial charge in [0, 0.05) is 34.4 Å². The van der Waals surface area contributed by atoms with Crippen molar-refractivity contribution in [3.63, 3.8) is 0 Å². The number of aliphatic carboxylic acids is 2. The van der Waals surface area contributed by atoms with E-state index in [9.17, 15) is 14.0 Å². The lowest BCUT2D eigenvalue weighted by atomic mass is 10.1. The largest absolute Gasteiger partial charge is 0.478 e. The van der Waals surface area contributed by atoms with Crippen LogP contribution in [-0.4, -0.2) is 52.3 Å². The molecule has 3 rings (SSSR count). The maximum absolute atomic E-state index is 13.2. The predicted octanol–water partition coefficient (Wildman–Crippen LogP) is 4.63. The summed E-state index contributed by atoms with van der Waals surface area (Å²) >= 11 is 6.18. The van der Waals surface area contributed by atoms with E-state index < -0.39 is 11.9 Å². The Balaban J connectivity index is 0.000000366. The standard InChI is InChI=1S/C19H20ClFN2.C4H4O4/c1-22(2)11-3-4-14-13-23(17-8-6-16(21)7-9-17)19-10-5-15(20)12-18(14)19;5-3(6)1-2-4(7)8/h5-10,12-13H,3-4,11H2,1-2H3;1-2H,(H,5,6)(H,7,8). The number of halogens is 2. The molecule has 0 fully saturated rings. The maximum atomic E-state index is 13.2. The number of carboxylic acid groups (broad SMARTS) is 2. The number of carbonyl (C=O) groups is 2. The van der Waals surface area contributed by atoms with Crippen LogP contribution < -0.4 is 0 Å². The molecule has 0 saturated carbocycles. The molecule has 2 N–H and O–H groups in total. The van der Waals surface area contributed by atoms with Crippen LogP contribution in [0.2, 0.25) is 5.02 Å². The van der Waals surface area contributed by atoms with Crippen LogP contribution >= 0.6 is 11.6 Å². The Kier molecular flexibility index (Phi) is 8.78. The molecule has 31 heavy (non-hydrogen) atoms. The maximum Gasteiger partial charge on any atom is 0.328 e. The summed E-state index contributed by atoms with van der Waals surface area (Å²) in [5.74, 6) is -2.74. The third-order valence-corrected chi connectivity index (χ3v) is 4.61. The van der Waals surface area contributed by atoms with Gasteiger partial charge in [0.2, 0.25) is 0 Å². The van der Waals surface area contributed by atoms with Gasteiger partial charge in [-0.15, -0.1) is 0 Å². The summed E-state index contributed by atoms with van der Waals surface area (Å²) < 4.78 is 15.3. The van der Waals surface area contributed by atoms with E-state index in [-0.39, 0.29) is 5.82 Å². The highest BCUT2D eigenvalue weighted by Gasteiger charge is 2.11. The van der Waals surface area contributed by atoms with Crippen LogP contribution in [-0.2, 0) is 16.0 Å². The summed E-state index contributed by atoms with van der Waals surface area (Å²) in [4.78, 5) is 21.3. The van der Waals surface area contributed by atoms with Crippen molar-refractivity contribution in [3.05, 3.63) is 77.2 Å². The molecular formula is C23H24ClFN2O4. The number of aryl methyl sites for hydroxylation is 1. The first kappa shape index (κ1) is 24.1. The Labute approximate surface area is 184 Å². The first-order chi connectivity index (χ1) is 14.7. The summed E-state index contributed by atoms with van der Waals surface area (Å²) in [6.45, 7) is 1.05. The zero-order valence-corrected chi connectivity index (χ0v) is 18.0. The van der Waals surface area contributed by atoms with E-state index in [4.69, 9.17) is 21.8 Å². The lowest BCUT2D eigenvalue weighted by molar-refractivity contribution is -0.134. The lowest BCUT2D eigenvalue weighted by Gasteiger charge is -2.08. The van der Waals surface area contributed by atoms with Gasteiger partial charge in [-0.05, 0) is 81.5 Å². The van der Waals surface area contributed by atoms with Gasteiger partial charge in [0.1, 0.15) is 5.82 Å². The van der Waals surface area contributed by atoms with E-state index in [2.05, 4.69) is 29.8 Å². The summed E-state index contributed by atoms with van der Waals surface area (Å²) in [6, 6.07) is 12.5. The Morgan fingerprint density at radius 2 is 1.68 bits per heavy atom. The quantitative estimate of drug-likeness (QED) is 0.517. The molecule has 1 aromatic heterocycles. The summed E-state index contributed by atoms with van der Waals surface area (Å²) in [5, 5.41) is 17.5. The zero-order chi connectivity index (χ0) is 23.0. The summed E-state index contributed by atoms with van der Waals surface area (Å²) in [5.41, 5.74) is 3.33. The van der Waals surface area contributed by atoms with Crippen LogP contribution in [0.25, 0.3) is 16.6 Å². The molecule has 0 aliphatic rings. The molecule has 0 spiro atoms. The van der Waals surface area contributed by atoms with Crippen LogP contribution in [0.1, 0.15) is 12.0 Å². The van der Waals surface area contributed by atoms with Crippen LogP contribution in [0.3, 0.4) is 0 Å². The number of rotatable bonds is 7. The molecule has 0 radical (unpaired) electrons. The molecule has 0 saturated heterocycles. The number of aromatic nitrogens is 1. The second-order valence-electron chi connectivity index (χ2n) is 7.08. The van der Waals surface area contributed by atoms with Crippen molar-refractivity contribution >= 4 is 34.4 Å². The molecule has 0 atom stereocenters. The monoisotopic (exact) mass is 446 g/mol. The second-order valence-corrected chi connectivity index (χ2v) is 7.52. The van der Waals surface area contributed by atoms with Gasteiger partial charge in [-0.3, -0.25) is 0 Å². The molecule has 2 aromatic carbocycles. The highest BCUT2D eigenvalue weighted by molar-refractivity contribution is 6.31. The van der Waals surface area contributed by atoms with E-state index in [0.717, 1.165) is 35.6 Å². The van der Waals surface area contributed by atoms with Gasteiger partial charge in [-0.2, -0.15) is 0 Å². The molecule has 0 aliphatic heterocycles. The smallest absolute Gasteiger partial charge is 0.328 e. The lowest BCUT2D eigenvalue weighted by Crippen LogP contribution is -2.13. The summed E-state index contributed by atoms with van der Waals surface area (Å²) in [7, 11) is 4.16. The van der Waals surface area contributed by atoms with Crippen molar-refractivity contribution in [2.45, 2.75) is 12.8 Å². The van der Waals surface area contributed by atoms with Gasteiger partial charge < -0.3 is 19.7 Å². The van der Waals surface area contributed by atoms with Gasteiger partial charge in [0.25, 0.3) is 0 Å². The van der Waals surface area contributed by atoms with E-state index in [1.54, 1.807) is 12.1 Å². The van der Waals surface area contributed by atoms with Crippen LogP contribution in [0.4, 0.5) is 4.39 Å². The summed E-state index contributed by atoms with van der Waals surface area (Å²) in [6.07, 6.45) is 5.33. The van der Waals surface area contributed by atoms with Gasteiger partial charge in [0.15, 0.2) is 0 Å².